The number of hydrogen-bond donors (Lipinski definition) is 1. The third-order valence-electron chi connectivity index (χ3n) is 13.0. The van der Waals surface area contributed by atoms with Crippen molar-refractivity contribution in [3.63, 3.8) is 0 Å². The molecule has 4 nitrogen and oxygen atoms in total. The number of hydrogen-bond acceptors (Lipinski definition) is 4. The minimum absolute atomic E-state index is 0.264. The second-order valence-electron chi connectivity index (χ2n) is 18.8. The van der Waals surface area contributed by atoms with Crippen LogP contribution in [0.4, 0.5) is 0 Å². The van der Waals surface area contributed by atoms with Crippen molar-refractivity contribution in [3.05, 3.63) is 24.3 Å². The average Bonchev–Trinajstić information content (AvgIpc) is 3.25. The highest BCUT2D eigenvalue weighted by Crippen LogP contribution is 2.33. The van der Waals surface area contributed by atoms with Gasteiger partial charge in [0.15, 0.2) is 5.78 Å². The largest absolute Gasteiger partial charge is 0.463 e. The maximum atomic E-state index is 14.1. The number of carbonyl (C=O) groups excluding carboxylic acids is 2. The molecular weight excluding hydrogens is 737 g/mol. The van der Waals surface area contributed by atoms with Crippen LogP contribution < -0.4 is 0 Å². The number of rotatable bonds is 49. The van der Waals surface area contributed by atoms with E-state index in [9.17, 15) is 14.7 Å². The van der Waals surface area contributed by atoms with Gasteiger partial charge in [0.25, 0.3) is 0 Å². The van der Waals surface area contributed by atoms with Gasteiger partial charge in [-0.25, -0.2) is 4.79 Å². The molecule has 0 rings (SSSR count). The van der Waals surface area contributed by atoms with Crippen LogP contribution in [0.3, 0.4) is 0 Å². The summed E-state index contributed by atoms with van der Waals surface area (Å²) in [6, 6.07) is 0. The zero-order chi connectivity index (χ0) is 43.9. The predicted molar refractivity (Wildman–Crippen MR) is 264 cm³/mol. The summed E-state index contributed by atoms with van der Waals surface area (Å²) in [6.45, 7) is 9.34. The fourth-order valence-corrected chi connectivity index (χ4v) is 8.80. The fourth-order valence-electron chi connectivity index (χ4n) is 8.80. The summed E-state index contributed by atoms with van der Waals surface area (Å²) in [4.78, 5) is 28.1. The van der Waals surface area contributed by atoms with E-state index >= 15 is 0 Å². The second-order valence-corrected chi connectivity index (χ2v) is 18.8. The van der Waals surface area contributed by atoms with Crippen LogP contribution in [-0.4, -0.2) is 29.1 Å². The van der Waals surface area contributed by atoms with Crippen LogP contribution in [0.5, 0.6) is 0 Å². The Balaban J connectivity index is 5.20. The van der Waals surface area contributed by atoms with Crippen molar-refractivity contribution < 1.29 is 19.4 Å². The van der Waals surface area contributed by atoms with E-state index in [0.717, 1.165) is 96.3 Å². The molecule has 0 bridgehead atoms. The molecule has 2 atom stereocenters. The summed E-state index contributed by atoms with van der Waals surface area (Å²) in [5.74, 6) is -1.30. The summed E-state index contributed by atoms with van der Waals surface area (Å²) in [7, 11) is 0. The van der Waals surface area contributed by atoms with Gasteiger partial charge in [-0.3, -0.25) is 4.79 Å². The number of aliphatic hydroxyl groups is 1. The van der Waals surface area contributed by atoms with Crippen LogP contribution in [0, 0.1) is 5.92 Å². The molecule has 0 saturated carbocycles. The zero-order valence-electron chi connectivity index (χ0n) is 41.2. The summed E-state index contributed by atoms with van der Waals surface area (Å²) in [5.41, 5.74) is -2.02. The lowest BCUT2D eigenvalue weighted by molar-refractivity contribution is -0.178. The topological polar surface area (TPSA) is 63.6 Å². The Labute approximate surface area is 376 Å². The molecule has 0 aliphatic heterocycles. The Hall–Kier alpha value is -1.42. The number of esters is 1. The highest BCUT2D eigenvalue weighted by molar-refractivity contribution is 6.07. The molecule has 0 aromatic heterocycles. The molecule has 1 N–H and O–H groups in total. The van der Waals surface area contributed by atoms with Crippen molar-refractivity contribution in [1.82, 2.24) is 0 Å². The van der Waals surface area contributed by atoms with Gasteiger partial charge in [-0.1, -0.05) is 264 Å². The monoisotopic (exact) mass is 843 g/mol. The van der Waals surface area contributed by atoms with E-state index in [1.807, 2.05) is 0 Å². The third-order valence-corrected chi connectivity index (χ3v) is 13.0. The molecule has 0 radical (unpaired) electrons. The fraction of sp³-hybridized carbons (Fsp3) is 0.893. The van der Waals surface area contributed by atoms with E-state index in [0.29, 0.717) is 6.61 Å². The molecule has 0 aromatic carbocycles. The smallest absolute Gasteiger partial charge is 0.346 e. The molecule has 0 saturated heterocycles. The molecule has 2 unspecified atom stereocenters. The zero-order valence-corrected chi connectivity index (χ0v) is 41.2. The van der Waals surface area contributed by atoms with Crippen molar-refractivity contribution in [2.24, 2.45) is 5.92 Å². The van der Waals surface area contributed by atoms with E-state index in [1.165, 1.54) is 173 Å². The van der Waals surface area contributed by atoms with Gasteiger partial charge in [0.2, 0.25) is 5.60 Å². The molecule has 4 heteroatoms. The normalized spacial score (nSPS) is 13.4. The van der Waals surface area contributed by atoms with Gasteiger partial charge in [0.1, 0.15) is 0 Å². The van der Waals surface area contributed by atoms with Gasteiger partial charge in [0, 0.05) is 12.3 Å². The summed E-state index contributed by atoms with van der Waals surface area (Å²) in [6.07, 6.45) is 59.1. The van der Waals surface area contributed by atoms with Crippen LogP contribution in [0.15, 0.2) is 24.3 Å². The molecule has 0 heterocycles. The Morgan fingerprint density at radius 2 is 0.733 bits per heavy atom. The highest BCUT2D eigenvalue weighted by atomic mass is 16.6. The minimum Gasteiger partial charge on any atom is -0.463 e. The summed E-state index contributed by atoms with van der Waals surface area (Å²) >= 11 is 0. The van der Waals surface area contributed by atoms with E-state index in [1.54, 1.807) is 0 Å². The van der Waals surface area contributed by atoms with Gasteiger partial charge >= 0.3 is 5.97 Å². The average molecular weight is 843 g/mol. The van der Waals surface area contributed by atoms with Crippen molar-refractivity contribution in [2.75, 3.05) is 6.61 Å². The van der Waals surface area contributed by atoms with Crippen molar-refractivity contribution >= 4 is 11.8 Å². The van der Waals surface area contributed by atoms with Crippen molar-refractivity contribution in [1.29, 1.82) is 0 Å². The standard InChI is InChI=1S/C56H106O4/c1-5-9-13-17-21-24-27-29-30-32-34-36-39-43-47-51-54(57)56(59,55(58)60-52-48-44-40-37-26-23-19-15-11-7-3)53(49-45-41-20-16-12-8-4)50-46-42-38-35-33-31-28-25-22-18-14-10-6-2/h21,24,29-30,53,59H,5-20,22-23,25-28,31-52H2,1-4H3/b24-21-,30-29-. The number of allylic oxidation sites excluding steroid dienone is 4. The van der Waals surface area contributed by atoms with Gasteiger partial charge in [0.05, 0.1) is 6.61 Å². The highest BCUT2D eigenvalue weighted by Gasteiger charge is 2.50. The van der Waals surface area contributed by atoms with Gasteiger partial charge in [-0.2, -0.15) is 0 Å². The quantitative estimate of drug-likeness (QED) is 0.0287. The lowest BCUT2D eigenvalue weighted by Gasteiger charge is -2.33. The van der Waals surface area contributed by atoms with Crippen LogP contribution >= 0.6 is 0 Å². The SMILES string of the molecule is CCCCC/C=C\C/C=C\CCCCCCCC(=O)C(O)(C(=O)OCCCCCCCCCCCC)C(CCCCCCCC)CCCCCCCCCCCCCCC. The molecular formula is C56H106O4. The van der Waals surface area contributed by atoms with Crippen molar-refractivity contribution in [2.45, 2.75) is 309 Å². The summed E-state index contributed by atoms with van der Waals surface area (Å²) < 4.78 is 5.87. The number of ether oxygens (including phenoxy) is 1. The van der Waals surface area contributed by atoms with Gasteiger partial charge < -0.3 is 9.84 Å². The number of Topliss-reactive ketones (excluding diaryl/α,β-unsaturated/α-hetero) is 1. The second kappa shape index (κ2) is 47.1. The Morgan fingerprint density at radius 1 is 0.417 bits per heavy atom. The minimum atomic E-state index is -2.02. The first-order chi connectivity index (χ1) is 29.5. The first-order valence-corrected chi connectivity index (χ1v) is 27.2. The Morgan fingerprint density at radius 3 is 1.15 bits per heavy atom. The molecule has 0 amide bonds. The number of unbranched alkanes of at least 4 members (excludes halogenated alkanes) is 34. The molecule has 0 aliphatic rings. The number of ketones is 1. The van der Waals surface area contributed by atoms with Gasteiger partial charge in [-0.05, 0) is 57.8 Å². The maximum absolute atomic E-state index is 14.1. The van der Waals surface area contributed by atoms with Crippen LogP contribution in [-0.2, 0) is 14.3 Å². The first kappa shape index (κ1) is 58.6. The molecule has 60 heavy (non-hydrogen) atoms. The molecule has 0 aliphatic carbocycles. The molecule has 0 aromatic rings. The van der Waals surface area contributed by atoms with Crippen molar-refractivity contribution in [3.8, 4) is 0 Å². The summed E-state index contributed by atoms with van der Waals surface area (Å²) in [5, 5.41) is 12.4. The predicted octanol–water partition coefficient (Wildman–Crippen LogP) is 18.4. The maximum Gasteiger partial charge on any atom is 0.346 e. The van der Waals surface area contributed by atoms with E-state index in [-0.39, 0.29) is 18.1 Å². The van der Waals surface area contributed by atoms with Crippen LogP contribution in [0.25, 0.3) is 0 Å². The Bertz CT molecular complexity index is 955. The number of carbonyl (C=O) groups is 2. The lowest BCUT2D eigenvalue weighted by Crippen LogP contribution is -2.54. The van der Waals surface area contributed by atoms with E-state index in [2.05, 4.69) is 52.0 Å². The van der Waals surface area contributed by atoms with Crippen LogP contribution in [0.1, 0.15) is 304 Å². The van der Waals surface area contributed by atoms with Crippen LogP contribution in [0.2, 0.25) is 0 Å². The Kier molecular flexibility index (Phi) is 46.0. The van der Waals surface area contributed by atoms with Gasteiger partial charge in [-0.15, -0.1) is 0 Å². The lowest BCUT2D eigenvalue weighted by atomic mass is 9.76. The van der Waals surface area contributed by atoms with E-state index in [4.69, 9.17) is 4.74 Å². The molecule has 0 spiro atoms. The molecule has 354 valence electrons. The van der Waals surface area contributed by atoms with E-state index < -0.39 is 11.6 Å². The first-order valence-electron chi connectivity index (χ1n) is 27.2. The molecule has 0 fully saturated rings. The third kappa shape index (κ3) is 36.1.